The Morgan fingerprint density at radius 3 is 2.86 bits per heavy atom. The number of rotatable bonds is 2. The molecule has 6 nitrogen and oxygen atoms in total. The van der Waals surface area contributed by atoms with Crippen LogP contribution in [0.1, 0.15) is 26.8 Å². The maximum Gasteiger partial charge on any atom is 0.273 e. The Balaban J connectivity index is 1.80. The van der Waals surface area contributed by atoms with Gasteiger partial charge in [0.2, 0.25) is 5.88 Å². The molecule has 110 valence electrons. The van der Waals surface area contributed by atoms with Crippen molar-refractivity contribution in [2.24, 2.45) is 0 Å². The van der Waals surface area contributed by atoms with Gasteiger partial charge < -0.3 is 9.64 Å². The third-order valence-electron chi connectivity index (χ3n) is 3.56. The Bertz CT molecular complexity index is 671. The molecule has 0 unspecified atom stereocenters. The summed E-state index contributed by atoms with van der Waals surface area (Å²) in [7, 11) is 1.61. The molecule has 3 heterocycles. The quantitative estimate of drug-likeness (QED) is 0.841. The predicted octanol–water partition coefficient (Wildman–Crippen LogP) is 1.49. The number of carbonyl (C=O) groups is 1. The van der Waals surface area contributed by atoms with Gasteiger partial charge in [0.15, 0.2) is 0 Å². The number of aryl methyl sites for hydroxylation is 1. The first kappa shape index (κ1) is 13.9. The van der Waals surface area contributed by atoms with E-state index in [1.807, 2.05) is 17.2 Å². The molecule has 0 saturated carbocycles. The van der Waals surface area contributed by atoms with Gasteiger partial charge in [-0.2, -0.15) is 0 Å². The first-order chi connectivity index (χ1) is 10.2. The fraction of sp³-hybridized carbons (Fsp3) is 0.429. The van der Waals surface area contributed by atoms with Crippen LogP contribution in [0.25, 0.3) is 0 Å². The normalized spacial score (nSPS) is 14.5. The second-order valence-electron chi connectivity index (χ2n) is 4.85. The van der Waals surface area contributed by atoms with Gasteiger partial charge in [-0.05, 0) is 13.3 Å². The molecule has 2 aromatic heterocycles. The van der Waals surface area contributed by atoms with E-state index in [0.717, 1.165) is 16.3 Å². The van der Waals surface area contributed by atoms with Crippen molar-refractivity contribution < 1.29 is 9.53 Å². The van der Waals surface area contributed by atoms with E-state index in [1.165, 1.54) is 17.7 Å². The highest BCUT2D eigenvalue weighted by Gasteiger charge is 2.24. The maximum atomic E-state index is 12.5. The van der Waals surface area contributed by atoms with E-state index in [4.69, 9.17) is 4.74 Å². The van der Waals surface area contributed by atoms with Crippen molar-refractivity contribution >= 4 is 17.2 Å². The van der Waals surface area contributed by atoms with Crippen molar-refractivity contribution in [1.82, 2.24) is 19.9 Å². The number of fused-ring (bicyclic) bond motifs is 1. The van der Waals surface area contributed by atoms with Crippen LogP contribution in [0.2, 0.25) is 0 Å². The van der Waals surface area contributed by atoms with Crippen LogP contribution in [0.15, 0.2) is 11.7 Å². The lowest BCUT2D eigenvalue weighted by atomic mass is 10.1. The van der Waals surface area contributed by atoms with Gasteiger partial charge in [-0.15, -0.1) is 11.3 Å². The summed E-state index contributed by atoms with van der Waals surface area (Å²) in [6, 6.07) is 0. The molecule has 3 rings (SSSR count). The van der Waals surface area contributed by atoms with Gasteiger partial charge in [0.05, 0.1) is 17.8 Å². The molecular weight excluding hydrogens is 288 g/mol. The lowest BCUT2D eigenvalue weighted by Crippen LogP contribution is -2.33. The molecule has 1 aliphatic heterocycles. The van der Waals surface area contributed by atoms with Crippen LogP contribution in [-0.2, 0) is 12.8 Å². The number of hydrogen-bond acceptors (Lipinski definition) is 6. The van der Waals surface area contributed by atoms with Crippen LogP contribution in [0.4, 0.5) is 0 Å². The minimum atomic E-state index is -0.0147. The number of aromatic nitrogens is 3. The maximum absolute atomic E-state index is 12.5. The van der Waals surface area contributed by atoms with Crippen LogP contribution in [0.5, 0.6) is 5.88 Å². The molecule has 0 fully saturated rings. The summed E-state index contributed by atoms with van der Waals surface area (Å²) in [6.07, 6.45) is 2.93. The molecule has 1 aliphatic rings. The van der Waals surface area contributed by atoms with Crippen LogP contribution in [-0.4, -0.2) is 46.0 Å². The van der Waals surface area contributed by atoms with Gasteiger partial charge in [-0.3, -0.25) is 4.79 Å². The number of amides is 1. The molecule has 1 amide bonds. The van der Waals surface area contributed by atoms with Gasteiger partial charge in [0.25, 0.3) is 5.91 Å². The van der Waals surface area contributed by atoms with Gasteiger partial charge in [-0.25, -0.2) is 15.0 Å². The Morgan fingerprint density at radius 2 is 2.14 bits per heavy atom. The Labute approximate surface area is 126 Å². The van der Waals surface area contributed by atoms with Gasteiger partial charge in [-0.1, -0.05) is 0 Å². The lowest BCUT2D eigenvalue weighted by Gasteiger charge is -2.18. The zero-order chi connectivity index (χ0) is 14.8. The van der Waals surface area contributed by atoms with Crippen molar-refractivity contribution in [2.75, 3.05) is 20.2 Å². The van der Waals surface area contributed by atoms with Crippen LogP contribution < -0.4 is 4.74 Å². The van der Waals surface area contributed by atoms with E-state index in [9.17, 15) is 4.79 Å². The Hall–Kier alpha value is -2.02. The number of ether oxygens (including phenoxy) is 1. The van der Waals surface area contributed by atoms with Crippen molar-refractivity contribution in [2.45, 2.75) is 19.8 Å². The summed E-state index contributed by atoms with van der Waals surface area (Å²) in [6.45, 7) is 3.18. The summed E-state index contributed by atoms with van der Waals surface area (Å²) >= 11 is 1.49. The minimum Gasteiger partial charge on any atom is -0.481 e. The highest BCUT2D eigenvalue weighted by molar-refractivity contribution is 7.09. The van der Waals surface area contributed by atoms with E-state index in [-0.39, 0.29) is 5.91 Å². The molecule has 0 bridgehead atoms. The highest BCUT2D eigenvalue weighted by Crippen LogP contribution is 2.22. The third-order valence-corrected chi connectivity index (χ3v) is 4.34. The second-order valence-corrected chi connectivity index (χ2v) is 5.91. The third kappa shape index (κ3) is 2.73. The topological polar surface area (TPSA) is 68.2 Å². The SMILES string of the molecule is COc1ncnc2c1CCN(C(=O)c1csc(C)n1)CC2. The average molecular weight is 304 g/mol. The summed E-state index contributed by atoms with van der Waals surface area (Å²) in [5.41, 5.74) is 2.50. The van der Waals surface area contributed by atoms with E-state index in [0.29, 0.717) is 37.5 Å². The van der Waals surface area contributed by atoms with Gasteiger partial charge in [0, 0.05) is 30.5 Å². The van der Waals surface area contributed by atoms with Gasteiger partial charge >= 0.3 is 0 Å². The summed E-state index contributed by atoms with van der Waals surface area (Å²) < 4.78 is 5.29. The van der Waals surface area contributed by atoms with E-state index >= 15 is 0 Å². The first-order valence-corrected chi connectivity index (χ1v) is 7.65. The molecule has 2 aromatic rings. The van der Waals surface area contributed by atoms with Crippen molar-refractivity contribution in [3.63, 3.8) is 0 Å². The van der Waals surface area contributed by atoms with Crippen LogP contribution in [0.3, 0.4) is 0 Å². The second kappa shape index (κ2) is 5.77. The number of hydrogen-bond donors (Lipinski definition) is 0. The molecule has 0 atom stereocenters. The van der Waals surface area contributed by atoms with E-state index < -0.39 is 0 Å². The fourth-order valence-electron chi connectivity index (χ4n) is 2.50. The molecule has 0 radical (unpaired) electrons. The molecule has 21 heavy (non-hydrogen) atoms. The predicted molar refractivity (Wildman–Crippen MR) is 78.7 cm³/mol. The summed E-state index contributed by atoms with van der Waals surface area (Å²) in [5.74, 6) is 0.595. The smallest absolute Gasteiger partial charge is 0.273 e. The zero-order valence-electron chi connectivity index (χ0n) is 12.0. The average Bonchev–Trinajstić information content (AvgIpc) is 2.81. The number of nitrogens with zero attached hydrogens (tertiary/aromatic N) is 4. The molecule has 0 spiro atoms. The molecule has 0 aromatic carbocycles. The standard InChI is InChI=1S/C14H16N4O2S/c1-9-17-12(7-21-9)14(19)18-5-3-10-11(4-6-18)15-8-16-13(10)20-2/h7-8H,3-6H2,1-2H3. The summed E-state index contributed by atoms with van der Waals surface area (Å²) in [5, 5.41) is 2.72. The van der Waals surface area contributed by atoms with E-state index in [2.05, 4.69) is 15.0 Å². The molecule has 7 heteroatoms. The largest absolute Gasteiger partial charge is 0.481 e. The molecule has 0 aliphatic carbocycles. The number of methoxy groups -OCH3 is 1. The summed E-state index contributed by atoms with van der Waals surface area (Å²) in [4.78, 5) is 27.0. The zero-order valence-corrected chi connectivity index (χ0v) is 12.8. The molecule has 0 saturated heterocycles. The first-order valence-electron chi connectivity index (χ1n) is 6.77. The molecule has 0 N–H and O–H groups in total. The number of carbonyl (C=O) groups excluding carboxylic acids is 1. The van der Waals surface area contributed by atoms with Crippen molar-refractivity contribution in [3.8, 4) is 5.88 Å². The van der Waals surface area contributed by atoms with Crippen LogP contribution in [0, 0.1) is 6.92 Å². The lowest BCUT2D eigenvalue weighted by molar-refractivity contribution is 0.0757. The van der Waals surface area contributed by atoms with E-state index in [1.54, 1.807) is 7.11 Å². The Morgan fingerprint density at radius 1 is 1.33 bits per heavy atom. The highest BCUT2D eigenvalue weighted by atomic mass is 32.1. The fourth-order valence-corrected chi connectivity index (χ4v) is 3.09. The molecular formula is C14H16N4O2S. The Kier molecular flexibility index (Phi) is 3.83. The minimum absolute atomic E-state index is 0.0147. The monoisotopic (exact) mass is 304 g/mol. The van der Waals surface area contributed by atoms with Crippen molar-refractivity contribution in [3.05, 3.63) is 33.7 Å². The number of thiazole rings is 1. The van der Waals surface area contributed by atoms with Crippen LogP contribution >= 0.6 is 11.3 Å². The van der Waals surface area contributed by atoms with Gasteiger partial charge in [0.1, 0.15) is 12.0 Å². The van der Waals surface area contributed by atoms with Crippen molar-refractivity contribution in [1.29, 1.82) is 0 Å².